The summed E-state index contributed by atoms with van der Waals surface area (Å²) < 4.78 is 30.2. The number of furan rings is 1. The molecule has 7 nitrogen and oxygen atoms in total. The molecular weight excluding hydrogens is 465 g/mol. The molecule has 2 heterocycles. The molecule has 1 saturated heterocycles. The number of carbonyl (C=O) groups is 2. The number of benzene rings is 2. The van der Waals surface area contributed by atoms with Gasteiger partial charge in [-0.05, 0) is 82.8 Å². The number of halogens is 1. The highest BCUT2D eigenvalue weighted by Crippen LogP contribution is 2.49. The van der Waals surface area contributed by atoms with Gasteiger partial charge < -0.3 is 19.0 Å². The van der Waals surface area contributed by atoms with E-state index in [1.165, 1.54) is 37.5 Å². The van der Waals surface area contributed by atoms with Crippen molar-refractivity contribution in [2.75, 3.05) is 14.2 Å². The maximum atomic E-state index is 14.4. The molecule has 8 heteroatoms. The minimum absolute atomic E-state index is 0.00367. The second-order valence-electron chi connectivity index (χ2n) is 8.71. The zero-order valence-corrected chi connectivity index (χ0v) is 20.0. The van der Waals surface area contributed by atoms with Gasteiger partial charge in [-0.25, -0.2) is 4.39 Å². The Morgan fingerprint density at radius 3 is 2.47 bits per heavy atom. The van der Waals surface area contributed by atoms with E-state index in [-0.39, 0.29) is 42.0 Å². The molecule has 36 heavy (non-hydrogen) atoms. The van der Waals surface area contributed by atoms with E-state index in [9.17, 15) is 19.1 Å². The van der Waals surface area contributed by atoms with Crippen LogP contribution >= 0.6 is 0 Å². The number of phenolic OH excluding ortho intramolecular Hbond substituents is 1. The van der Waals surface area contributed by atoms with Gasteiger partial charge in [0, 0.05) is 6.42 Å². The number of nitrogens with zero attached hydrogens (tertiary/aromatic N) is 1. The Hall–Kier alpha value is -4.33. The number of phenols is 1. The first-order chi connectivity index (χ1) is 17.3. The normalized spacial score (nSPS) is 18.4. The summed E-state index contributed by atoms with van der Waals surface area (Å²) in [7, 11) is 2.89. The van der Waals surface area contributed by atoms with Crippen LogP contribution in [0, 0.1) is 11.7 Å². The molecule has 184 valence electrons. The lowest BCUT2D eigenvalue weighted by Gasteiger charge is -2.15. The molecule has 1 aliphatic carbocycles. The number of hydrogen-bond donors (Lipinski definition) is 1. The first-order valence-corrected chi connectivity index (χ1v) is 11.4. The van der Waals surface area contributed by atoms with Crippen molar-refractivity contribution in [2.45, 2.75) is 19.9 Å². The molecule has 2 aromatic carbocycles. The standard InChI is InChI=1S/C28H24FNO6/c1-15-20(9-16-10-23(34-2)27(32)24(11-16)35-3)19-7-6-17(29)12-21(19)26(15)22-13-25(31)30(28(22)33)14-18-5-4-8-36-18/h4-12,22,32H,13-14H2,1-3H3. The lowest BCUT2D eigenvalue weighted by Crippen LogP contribution is -2.30. The van der Waals surface area contributed by atoms with E-state index < -0.39 is 11.7 Å². The van der Waals surface area contributed by atoms with Crippen LogP contribution in [0.5, 0.6) is 17.2 Å². The van der Waals surface area contributed by atoms with Gasteiger partial charge in [-0.2, -0.15) is 0 Å². The molecule has 1 fully saturated rings. The van der Waals surface area contributed by atoms with E-state index in [1.54, 1.807) is 30.3 Å². The number of amides is 2. The molecule has 1 aromatic heterocycles. The van der Waals surface area contributed by atoms with E-state index in [2.05, 4.69) is 0 Å². The summed E-state index contributed by atoms with van der Waals surface area (Å²) in [5, 5.41) is 10.3. The first kappa shape index (κ1) is 23.4. The van der Waals surface area contributed by atoms with Crippen molar-refractivity contribution in [3.8, 4) is 17.2 Å². The third-order valence-electron chi connectivity index (χ3n) is 6.67. The van der Waals surface area contributed by atoms with Crippen LogP contribution in [0.4, 0.5) is 4.39 Å². The molecule has 0 radical (unpaired) electrons. The average molecular weight is 489 g/mol. The lowest BCUT2D eigenvalue weighted by atomic mass is 9.90. The highest BCUT2D eigenvalue weighted by atomic mass is 19.1. The minimum atomic E-state index is -0.734. The Morgan fingerprint density at radius 2 is 1.83 bits per heavy atom. The van der Waals surface area contributed by atoms with Crippen molar-refractivity contribution < 1.29 is 33.0 Å². The number of fused-ring (bicyclic) bond motifs is 1. The van der Waals surface area contributed by atoms with Crippen molar-refractivity contribution in [2.24, 2.45) is 5.92 Å². The van der Waals surface area contributed by atoms with Gasteiger partial charge in [0.25, 0.3) is 0 Å². The van der Waals surface area contributed by atoms with Crippen LogP contribution < -0.4 is 9.47 Å². The second kappa shape index (κ2) is 9.03. The molecule has 0 saturated carbocycles. The van der Waals surface area contributed by atoms with E-state index >= 15 is 0 Å². The van der Waals surface area contributed by atoms with E-state index in [0.717, 1.165) is 16.7 Å². The highest BCUT2D eigenvalue weighted by molar-refractivity contribution is 6.15. The van der Waals surface area contributed by atoms with E-state index in [0.29, 0.717) is 22.5 Å². The first-order valence-electron chi connectivity index (χ1n) is 11.4. The predicted molar refractivity (Wildman–Crippen MR) is 130 cm³/mol. The maximum absolute atomic E-state index is 14.4. The van der Waals surface area contributed by atoms with Crippen LogP contribution in [0.2, 0.25) is 0 Å². The Bertz CT molecular complexity index is 1410. The molecule has 1 atom stereocenters. The number of methoxy groups -OCH3 is 2. The fourth-order valence-corrected chi connectivity index (χ4v) is 4.96. The van der Waals surface area contributed by atoms with Gasteiger partial charge in [0.15, 0.2) is 11.5 Å². The fraction of sp³-hybridized carbons (Fsp3) is 0.214. The second-order valence-corrected chi connectivity index (χ2v) is 8.71. The average Bonchev–Trinajstić information content (AvgIpc) is 3.54. The zero-order valence-electron chi connectivity index (χ0n) is 20.0. The lowest BCUT2D eigenvalue weighted by molar-refractivity contribution is -0.139. The topological polar surface area (TPSA) is 89.2 Å². The van der Waals surface area contributed by atoms with Gasteiger partial charge in [0.2, 0.25) is 17.6 Å². The van der Waals surface area contributed by atoms with Crippen LogP contribution in [-0.4, -0.2) is 36.0 Å². The monoisotopic (exact) mass is 489 g/mol. The number of hydrogen-bond acceptors (Lipinski definition) is 6. The smallest absolute Gasteiger partial charge is 0.237 e. The molecule has 1 unspecified atom stereocenters. The molecule has 1 aliphatic heterocycles. The number of carbonyl (C=O) groups excluding carboxylic acids is 2. The summed E-state index contributed by atoms with van der Waals surface area (Å²) >= 11 is 0. The minimum Gasteiger partial charge on any atom is -0.502 e. The number of rotatable bonds is 6. The molecule has 0 bridgehead atoms. The van der Waals surface area contributed by atoms with Gasteiger partial charge >= 0.3 is 0 Å². The molecule has 3 aromatic rings. The Kier molecular flexibility index (Phi) is 5.88. The summed E-state index contributed by atoms with van der Waals surface area (Å²) in [4.78, 5) is 27.4. The van der Waals surface area contributed by atoms with Gasteiger partial charge in [0.05, 0.1) is 32.9 Å². The zero-order chi connectivity index (χ0) is 25.6. The summed E-state index contributed by atoms with van der Waals surface area (Å²) in [6.07, 6.45) is 3.35. The van der Waals surface area contributed by atoms with Crippen molar-refractivity contribution in [1.29, 1.82) is 0 Å². The molecule has 5 rings (SSSR count). The Balaban J connectivity index is 1.60. The van der Waals surface area contributed by atoms with Crippen LogP contribution in [0.15, 0.2) is 58.7 Å². The number of ether oxygens (including phenoxy) is 2. The van der Waals surface area contributed by atoms with Crippen LogP contribution in [0.25, 0.3) is 17.2 Å². The summed E-state index contributed by atoms with van der Waals surface area (Å²) in [6, 6.07) is 11.2. The quantitative estimate of drug-likeness (QED) is 0.488. The van der Waals surface area contributed by atoms with Gasteiger partial charge in [-0.1, -0.05) is 6.07 Å². The van der Waals surface area contributed by atoms with E-state index in [1.807, 2.05) is 13.0 Å². The van der Waals surface area contributed by atoms with Crippen molar-refractivity contribution >= 4 is 29.0 Å². The van der Waals surface area contributed by atoms with Gasteiger partial charge in [-0.15, -0.1) is 0 Å². The SMILES string of the molecule is COc1cc(C=C2C(C)=C(C3CC(=O)N(Cc4ccco4)C3=O)c3cc(F)ccc32)cc(OC)c1O. The Morgan fingerprint density at radius 1 is 1.11 bits per heavy atom. The highest BCUT2D eigenvalue weighted by Gasteiger charge is 2.44. The largest absolute Gasteiger partial charge is 0.502 e. The molecule has 2 amide bonds. The third-order valence-corrected chi connectivity index (χ3v) is 6.67. The van der Waals surface area contributed by atoms with Gasteiger partial charge in [0.1, 0.15) is 11.6 Å². The number of imide groups is 1. The fourth-order valence-electron chi connectivity index (χ4n) is 4.96. The van der Waals surface area contributed by atoms with Crippen LogP contribution in [-0.2, 0) is 16.1 Å². The molecule has 0 spiro atoms. The van der Waals surface area contributed by atoms with Crippen molar-refractivity contribution in [3.05, 3.63) is 82.6 Å². The Labute approximate surface area is 207 Å². The van der Waals surface area contributed by atoms with Crippen LogP contribution in [0.1, 0.15) is 35.8 Å². The summed E-state index contributed by atoms with van der Waals surface area (Å²) in [5.74, 6) is -0.927. The molecule has 2 aliphatic rings. The maximum Gasteiger partial charge on any atom is 0.237 e. The molecular formula is C28H24FNO6. The summed E-state index contributed by atoms with van der Waals surface area (Å²) in [6.45, 7) is 1.92. The van der Waals surface area contributed by atoms with Gasteiger partial charge in [-0.3, -0.25) is 14.5 Å². The van der Waals surface area contributed by atoms with Crippen molar-refractivity contribution in [3.63, 3.8) is 0 Å². The van der Waals surface area contributed by atoms with Crippen molar-refractivity contribution in [1.82, 2.24) is 4.90 Å². The third kappa shape index (κ3) is 3.84. The van der Waals surface area contributed by atoms with Crippen LogP contribution in [0.3, 0.4) is 0 Å². The predicted octanol–water partition coefficient (Wildman–Crippen LogP) is 5.04. The summed E-state index contributed by atoms with van der Waals surface area (Å²) in [5.41, 5.74) is 4.20. The number of allylic oxidation sites excluding steroid dienone is 2. The molecule has 1 N–H and O–H groups in total. The number of aromatic hydroxyl groups is 1. The van der Waals surface area contributed by atoms with E-state index in [4.69, 9.17) is 13.9 Å². The number of likely N-dealkylation sites (tertiary alicyclic amines) is 1.